The van der Waals surface area contributed by atoms with Crippen LogP contribution in [-0.4, -0.2) is 17.4 Å². The number of aliphatic imine (C=N–C) groups is 1. The summed E-state index contributed by atoms with van der Waals surface area (Å²) in [4.78, 5) is 31.1. The van der Waals surface area contributed by atoms with Crippen LogP contribution in [0.25, 0.3) is 0 Å². The second-order valence-electron chi connectivity index (χ2n) is 8.56. The van der Waals surface area contributed by atoms with E-state index < -0.39 is 11.7 Å². The predicted molar refractivity (Wildman–Crippen MR) is 114 cm³/mol. The first kappa shape index (κ1) is 19.7. The molecule has 1 amide bonds. The van der Waals surface area contributed by atoms with Crippen molar-refractivity contribution in [3.05, 3.63) is 63.7 Å². The van der Waals surface area contributed by atoms with Gasteiger partial charge < -0.3 is 5.32 Å². The molecule has 2 atom stereocenters. The zero-order valence-corrected chi connectivity index (χ0v) is 17.5. The van der Waals surface area contributed by atoms with Gasteiger partial charge in [0.15, 0.2) is 0 Å². The highest BCUT2D eigenvalue weighted by atomic mass is 32.1. The summed E-state index contributed by atoms with van der Waals surface area (Å²) in [5, 5.41) is 6.73. The molecule has 2 aromatic rings. The number of carbonyl (C=O) groups excluding carboxylic acids is 2. The van der Waals surface area contributed by atoms with Crippen molar-refractivity contribution >= 4 is 34.4 Å². The topological polar surface area (TPSA) is 58.5 Å². The molecule has 2 aliphatic rings. The van der Waals surface area contributed by atoms with Crippen molar-refractivity contribution in [2.24, 2.45) is 16.3 Å². The number of amides is 1. The van der Waals surface area contributed by atoms with E-state index in [2.05, 4.69) is 19.2 Å². The number of thiophene rings is 1. The van der Waals surface area contributed by atoms with Gasteiger partial charge in [0.25, 0.3) is 5.91 Å². The zero-order chi connectivity index (χ0) is 20.8. The summed E-state index contributed by atoms with van der Waals surface area (Å²) >= 11 is 1.54. The van der Waals surface area contributed by atoms with E-state index in [4.69, 9.17) is 4.99 Å². The molecule has 0 saturated heterocycles. The lowest BCUT2D eigenvalue weighted by Gasteiger charge is -2.41. The Hall–Kier alpha value is -2.60. The molecule has 4 nitrogen and oxygen atoms in total. The number of rotatable bonds is 3. The SMILES string of the molecule is CC1=C(C(=O)Nc2cccc(F)c2)[C@H](c2ccsc2)[C@H]2C(=O)CC(C)(C)CC2=N1. The number of benzene rings is 1. The van der Waals surface area contributed by atoms with Crippen molar-refractivity contribution in [1.82, 2.24) is 0 Å². The Morgan fingerprint density at radius 3 is 2.72 bits per heavy atom. The van der Waals surface area contributed by atoms with Crippen LogP contribution in [0.3, 0.4) is 0 Å². The molecule has 0 radical (unpaired) electrons. The Morgan fingerprint density at radius 2 is 2.03 bits per heavy atom. The number of hydrogen-bond donors (Lipinski definition) is 1. The molecular formula is C23H23FN2O2S. The maximum Gasteiger partial charge on any atom is 0.254 e. The molecule has 29 heavy (non-hydrogen) atoms. The van der Waals surface area contributed by atoms with Gasteiger partial charge in [-0.1, -0.05) is 19.9 Å². The first-order valence-corrected chi connectivity index (χ1v) is 10.6. The summed E-state index contributed by atoms with van der Waals surface area (Å²) in [5.74, 6) is -1.43. The van der Waals surface area contributed by atoms with Gasteiger partial charge in [0.05, 0.1) is 5.92 Å². The summed E-state index contributed by atoms with van der Waals surface area (Å²) in [6, 6.07) is 7.76. The second kappa shape index (κ2) is 7.34. The van der Waals surface area contributed by atoms with E-state index in [-0.39, 0.29) is 23.0 Å². The first-order valence-electron chi connectivity index (χ1n) is 9.65. The average molecular weight is 411 g/mol. The van der Waals surface area contributed by atoms with E-state index in [1.807, 2.05) is 23.8 Å². The fraction of sp³-hybridized carbons (Fsp3) is 0.348. The third kappa shape index (κ3) is 3.81. The van der Waals surface area contributed by atoms with Gasteiger partial charge in [-0.3, -0.25) is 14.6 Å². The van der Waals surface area contributed by atoms with Gasteiger partial charge in [0, 0.05) is 35.0 Å². The molecule has 0 bridgehead atoms. The van der Waals surface area contributed by atoms with Crippen molar-refractivity contribution in [2.75, 3.05) is 5.32 Å². The van der Waals surface area contributed by atoms with Crippen LogP contribution in [0.5, 0.6) is 0 Å². The van der Waals surface area contributed by atoms with Crippen LogP contribution < -0.4 is 5.32 Å². The van der Waals surface area contributed by atoms with Gasteiger partial charge in [0.1, 0.15) is 11.6 Å². The highest BCUT2D eigenvalue weighted by Gasteiger charge is 2.47. The van der Waals surface area contributed by atoms with Crippen LogP contribution in [0.4, 0.5) is 10.1 Å². The third-order valence-corrected chi connectivity index (χ3v) is 6.29. The van der Waals surface area contributed by atoms with Gasteiger partial charge in [-0.15, -0.1) is 0 Å². The lowest BCUT2D eigenvalue weighted by atomic mass is 9.63. The number of fused-ring (bicyclic) bond motifs is 1. The molecule has 6 heteroatoms. The Balaban J connectivity index is 1.78. The number of nitrogens with one attached hydrogen (secondary N) is 1. The molecule has 2 heterocycles. The minimum absolute atomic E-state index is 0.125. The summed E-state index contributed by atoms with van der Waals surface area (Å²) in [7, 11) is 0. The van der Waals surface area contributed by atoms with Gasteiger partial charge in [-0.25, -0.2) is 4.39 Å². The van der Waals surface area contributed by atoms with Crippen molar-refractivity contribution in [3.8, 4) is 0 Å². The number of allylic oxidation sites excluding steroid dienone is 1. The molecule has 1 aromatic heterocycles. The summed E-state index contributed by atoms with van der Waals surface area (Å²) < 4.78 is 13.6. The van der Waals surface area contributed by atoms with E-state index in [0.29, 0.717) is 23.4 Å². The highest BCUT2D eigenvalue weighted by molar-refractivity contribution is 7.08. The second-order valence-corrected chi connectivity index (χ2v) is 9.34. The standard InChI is InChI=1S/C23H23FN2O2S/c1-13-19(22(28)26-16-6-4-5-15(24)9-16)20(14-7-8-29-12-14)21-17(25-13)10-23(2,3)11-18(21)27/h4-9,12,20-21H,10-11H2,1-3H3,(H,26,28)/t20-,21+/m0/s1. The Labute approximate surface area is 173 Å². The molecule has 1 N–H and O–H groups in total. The molecule has 1 aliphatic heterocycles. The molecule has 1 fully saturated rings. The van der Waals surface area contributed by atoms with Crippen LogP contribution in [0, 0.1) is 17.2 Å². The Morgan fingerprint density at radius 1 is 1.24 bits per heavy atom. The minimum atomic E-state index is -0.422. The molecule has 1 aliphatic carbocycles. The normalized spacial score (nSPS) is 23.4. The summed E-state index contributed by atoms with van der Waals surface area (Å²) in [6.45, 7) is 5.97. The first-order chi connectivity index (χ1) is 13.7. The van der Waals surface area contributed by atoms with Crippen LogP contribution in [0.1, 0.15) is 45.1 Å². The number of nitrogens with zero attached hydrogens (tertiary/aromatic N) is 1. The maximum atomic E-state index is 13.6. The monoisotopic (exact) mass is 410 g/mol. The summed E-state index contributed by atoms with van der Waals surface area (Å²) in [6.07, 6.45) is 1.20. The van der Waals surface area contributed by atoms with Gasteiger partial charge >= 0.3 is 0 Å². The average Bonchev–Trinajstić information content (AvgIpc) is 3.13. The number of anilines is 1. The van der Waals surface area contributed by atoms with E-state index in [9.17, 15) is 14.0 Å². The third-order valence-electron chi connectivity index (χ3n) is 5.59. The molecule has 1 aromatic carbocycles. The van der Waals surface area contributed by atoms with Gasteiger partial charge in [0.2, 0.25) is 0 Å². The molecule has 1 saturated carbocycles. The van der Waals surface area contributed by atoms with E-state index in [1.165, 1.54) is 23.5 Å². The molecule has 0 unspecified atom stereocenters. The Kier molecular flexibility index (Phi) is 4.99. The minimum Gasteiger partial charge on any atom is -0.322 e. The van der Waals surface area contributed by atoms with Gasteiger partial charge in [-0.05, 0) is 59.3 Å². The fourth-order valence-corrected chi connectivity index (χ4v) is 5.16. The fourth-order valence-electron chi connectivity index (χ4n) is 4.47. The largest absolute Gasteiger partial charge is 0.322 e. The van der Waals surface area contributed by atoms with E-state index >= 15 is 0 Å². The number of Topliss-reactive ketones (excluding diaryl/α,β-unsaturated/α-hetero) is 1. The maximum absolute atomic E-state index is 13.6. The van der Waals surface area contributed by atoms with Crippen molar-refractivity contribution in [2.45, 2.75) is 39.5 Å². The molecular weight excluding hydrogens is 387 g/mol. The van der Waals surface area contributed by atoms with E-state index in [1.54, 1.807) is 12.1 Å². The van der Waals surface area contributed by atoms with Crippen molar-refractivity contribution < 1.29 is 14.0 Å². The van der Waals surface area contributed by atoms with Crippen LogP contribution in [0.2, 0.25) is 0 Å². The lowest BCUT2D eigenvalue weighted by molar-refractivity contribution is -0.124. The molecule has 0 spiro atoms. The summed E-state index contributed by atoms with van der Waals surface area (Å²) in [5.41, 5.74) is 3.16. The number of hydrogen-bond acceptors (Lipinski definition) is 4. The number of halogens is 1. The van der Waals surface area contributed by atoms with Crippen LogP contribution >= 0.6 is 11.3 Å². The highest BCUT2D eigenvalue weighted by Crippen LogP contribution is 2.47. The van der Waals surface area contributed by atoms with Gasteiger partial charge in [-0.2, -0.15) is 11.3 Å². The smallest absolute Gasteiger partial charge is 0.254 e. The van der Waals surface area contributed by atoms with Crippen LogP contribution in [-0.2, 0) is 9.59 Å². The zero-order valence-electron chi connectivity index (χ0n) is 16.7. The van der Waals surface area contributed by atoms with E-state index in [0.717, 1.165) is 17.7 Å². The predicted octanol–water partition coefficient (Wildman–Crippen LogP) is 5.34. The lowest BCUT2D eigenvalue weighted by Crippen LogP contribution is -2.44. The van der Waals surface area contributed by atoms with Crippen molar-refractivity contribution in [3.63, 3.8) is 0 Å². The van der Waals surface area contributed by atoms with Crippen LogP contribution in [0.15, 0.2) is 57.4 Å². The number of ketones is 1. The molecule has 4 rings (SSSR count). The molecule has 150 valence electrons. The quantitative estimate of drug-likeness (QED) is 0.742. The Bertz CT molecular complexity index is 1040. The van der Waals surface area contributed by atoms with Crippen molar-refractivity contribution in [1.29, 1.82) is 0 Å². The number of carbonyl (C=O) groups is 2.